The number of rotatable bonds is 4. The van der Waals surface area contributed by atoms with Gasteiger partial charge >= 0.3 is 5.97 Å². The van der Waals surface area contributed by atoms with E-state index in [1.807, 2.05) is 0 Å². The topological polar surface area (TPSA) is 110 Å². The Morgan fingerprint density at radius 2 is 2.44 bits per heavy atom. The van der Waals surface area contributed by atoms with Gasteiger partial charge in [-0.15, -0.1) is 0 Å². The number of nitriles is 1. The monoisotopic (exact) mass is 222 g/mol. The number of amides is 1. The molecule has 84 valence electrons. The number of carbonyl (C=O) groups excluding carboxylic acids is 1. The number of hydrogen-bond donors (Lipinski definition) is 2. The molecule has 1 atom stereocenters. The third kappa shape index (κ3) is 2.57. The van der Waals surface area contributed by atoms with Crippen LogP contribution in [-0.2, 0) is 16.0 Å². The summed E-state index contributed by atoms with van der Waals surface area (Å²) in [5.74, 6) is -1.84. The molecule has 0 saturated heterocycles. The van der Waals surface area contributed by atoms with Crippen molar-refractivity contribution in [2.75, 3.05) is 0 Å². The summed E-state index contributed by atoms with van der Waals surface area (Å²) in [5.41, 5.74) is 0.480. The Balaban J connectivity index is 2.87. The first-order valence-electron chi connectivity index (χ1n) is 4.46. The molecule has 0 spiro atoms. The van der Waals surface area contributed by atoms with Crippen molar-refractivity contribution in [3.8, 4) is 6.19 Å². The molecule has 0 aliphatic rings. The predicted molar refractivity (Wildman–Crippen MR) is 51.8 cm³/mol. The van der Waals surface area contributed by atoms with Gasteiger partial charge in [0, 0.05) is 19.5 Å². The first kappa shape index (κ1) is 11.7. The van der Waals surface area contributed by atoms with Gasteiger partial charge in [-0.3, -0.25) is 4.79 Å². The van der Waals surface area contributed by atoms with Gasteiger partial charge in [0.15, 0.2) is 6.19 Å². The minimum atomic E-state index is -1.24. The van der Waals surface area contributed by atoms with E-state index in [4.69, 9.17) is 10.4 Å². The molecule has 1 rings (SSSR count). The maximum absolute atomic E-state index is 11.1. The lowest BCUT2D eigenvalue weighted by Crippen LogP contribution is -2.42. The summed E-state index contributed by atoms with van der Waals surface area (Å²) >= 11 is 0. The first-order valence-corrected chi connectivity index (χ1v) is 4.46. The number of nitrogens with one attached hydrogen (secondary N) is 1. The van der Waals surface area contributed by atoms with Crippen LogP contribution in [0.25, 0.3) is 0 Å². The lowest BCUT2D eigenvalue weighted by atomic mass is 10.1. The number of aromatic amines is 1. The zero-order valence-electron chi connectivity index (χ0n) is 8.54. The van der Waals surface area contributed by atoms with E-state index < -0.39 is 17.9 Å². The predicted octanol–water partition coefficient (Wildman–Crippen LogP) is -0.265. The Kier molecular flexibility index (Phi) is 3.61. The summed E-state index contributed by atoms with van der Waals surface area (Å²) in [6, 6.07) is -1.22. The van der Waals surface area contributed by atoms with Crippen LogP contribution in [0.2, 0.25) is 0 Å². The second kappa shape index (κ2) is 4.93. The number of hydrogen-bond acceptors (Lipinski definition) is 4. The average molecular weight is 222 g/mol. The molecule has 0 radical (unpaired) electrons. The summed E-state index contributed by atoms with van der Waals surface area (Å²) in [6.45, 7) is 1.14. The zero-order valence-corrected chi connectivity index (χ0v) is 8.54. The molecule has 1 aromatic rings. The molecule has 0 aliphatic carbocycles. The van der Waals surface area contributed by atoms with E-state index in [0.717, 1.165) is 6.92 Å². The average Bonchev–Trinajstić information content (AvgIpc) is 2.69. The Hall–Kier alpha value is -2.36. The van der Waals surface area contributed by atoms with Crippen LogP contribution in [0.5, 0.6) is 0 Å². The number of aromatic nitrogens is 2. The van der Waals surface area contributed by atoms with E-state index in [-0.39, 0.29) is 6.42 Å². The third-order valence-corrected chi connectivity index (χ3v) is 2.00. The molecule has 1 unspecified atom stereocenters. The lowest BCUT2D eigenvalue weighted by Gasteiger charge is -2.19. The molecular weight excluding hydrogens is 212 g/mol. The van der Waals surface area contributed by atoms with Gasteiger partial charge in [-0.1, -0.05) is 0 Å². The normalized spacial score (nSPS) is 11.5. The fourth-order valence-corrected chi connectivity index (χ4v) is 1.25. The van der Waals surface area contributed by atoms with Crippen molar-refractivity contribution in [3.63, 3.8) is 0 Å². The SMILES string of the molecule is CC(=O)N(C#N)C(Cc1c[nH]cn1)C(=O)O. The Bertz CT molecular complexity index is 420. The Morgan fingerprint density at radius 1 is 1.75 bits per heavy atom. The van der Waals surface area contributed by atoms with E-state index in [1.165, 1.54) is 12.5 Å². The third-order valence-electron chi connectivity index (χ3n) is 2.00. The van der Waals surface area contributed by atoms with Gasteiger partial charge in [0.25, 0.3) is 0 Å². The van der Waals surface area contributed by atoms with E-state index in [9.17, 15) is 9.59 Å². The highest BCUT2D eigenvalue weighted by molar-refractivity contribution is 5.83. The summed E-state index contributed by atoms with van der Waals surface area (Å²) in [4.78, 5) is 29.1. The van der Waals surface area contributed by atoms with Gasteiger partial charge in [-0.25, -0.2) is 14.7 Å². The standard InChI is InChI=1S/C9H10N4O3/c1-6(14)13(4-10)8(9(15)16)2-7-3-11-5-12-7/h3,5,8H,2H2,1H3,(H,11,12)(H,15,16). The molecule has 0 aromatic carbocycles. The van der Waals surface area contributed by atoms with Gasteiger partial charge in [-0.05, 0) is 0 Å². The largest absolute Gasteiger partial charge is 0.480 e. The van der Waals surface area contributed by atoms with Crippen LogP contribution in [0.4, 0.5) is 0 Å². The Labute approximate surface area is 91.3 Å². The second-order valence-electron chi connectivity index (χ2n) is 3.11. The van der Waals surface area contributed by atoms with Gasteiger partial charge in [-0.2, -0.15) is 5.26 Å². The van der Waals surface area contributed by atoms with Crippen molar-refractivity contribution in [2.45, 2.75) is 19.4 Å². The van der Waals surface area contributed by atoms with Crippen molar-refractivity contribution in [3.05, 3.63) is 18.2 Å². The molecule has 7 nitrogen and oxygen atoms in total. The lowest BCUT2D eigenvalue weighted by molar-refractivity contribution is -0.146. The maximum atomic E-state index is 11.1. The summed E-state index contributed by atoms with van der Waals surface area (Å²) in [7, 11) is 0. The molecule has 0 fully saturated rings. The number of nitrogens with zero attached hydrogens (tertiary/aromatic N) is 3. The molecular formula is C9H10N4O3. The molecule has 0 saturated carbocycles. The van der Waals surface area contributed by atoms with Crippen molar-refractivity contribution < 1.29 is 14.7 Å². The quantitative estimate of drug-likeness (QED) is 0.538. The van der Waals surface area contributed by atoms with E-state index in [2.05, 4.69) is 9.97 Å². The molecule has 1 heterocycles. The van der Waals surface area contributed by atoms with Crippen molar-refractivity contribution in [2.24, 2.45) is 0 Å². The fourth-order valence-electron chi connectivity index (χ4n) is 1.25. The zero-order chi connectivity index (χ0) is 12.1. The van der Waals surface area contributed by atoms with Gasteiger partial charge in [0.05, 0.1) is 12.0 Å². The van der Waals surface area contributed by atoms with Crippen LogP contribution in [0.15, 0.2) is 12.5 Å². The number of imidazole rings is 1. The minimum absolute atomic E-state index is 0.00796. The Morgan fingerprint density at radius 3 is 2.81 bits per heavy atom. The highest BCUT2D eigenvalue weighted by atomic mass is 16.4. The van der Waals surface area contributed by atoms with Crippen molar-refractivity contribution in [1.82, 2.24) is 14.9 Å². The van der Waals surface area contributed by atoms with Gasteiger partial charge in [0.2, 0.25) is 5.91 Å². The van der Waals surface area contributed by atoms with E-state index in [0.29, 0.717) is 10.6 Å². The van der Waals surface area contributed by atoms with Crippen LogP contribution in [-0.4, -0.2) is 37.9 Å². The molecule has 2 N–H and O–H groups in total. The number of H-pyrrole nitrogens is 1. The molecule has 1 amide bonds. The van der Waals surface area contributed by atoms with E-state index >= 15 is 0 Å². The van der Waals surface area contributed by atoms with Crippen molar-refractivity contribution in [1.29, 1.82) is 5.26 Å². The maximum Gasteiger partial charge on any atom is 0.328 e. The summed E-state index contributed by atoms with van der Waals surface area (Å²) in [6.07, 6.45) is 4.47. The first-order chi connectivity index (χ1) is 7.56. The number of carboxylic acid groups (broad SMARTS) is 1. The number of carboxylic acids is 1. The molecule has 7 heteroatoms. The van der Waals surface area contributed by atoms with Crippen LogP contribution >= 0.6 is 0 Å². The summed E-state index contributed by atoms with van der Waals surface area (Å²) < 4.78 is 0. The number of aliphatic carboxylic acids is 1. The van der Waals surface area contributed by atoms with Gasteiger partial charge in [0.1, 0.15) is 6.04 Å². The van der Waals surface area contributed by atoms with Crippen LogP contribution in [0, 0.1) is 11.5 Å². The molecule has 1 aromatic heterocycles. The molecule has 0 bridgehead atoms. The molecule has 16 heavy (non-hydrogen) atoms. The second-order valence-corrected chi connectivity index (χ2v) is 3.11. The smallest absolute Gasteiger partial charge is 0.328 e. The highest BCUT2D eigenvalue weighted by Gasteiger charge is 2.28. The fraction of sp³-hybridized carbons (Fsp3) is 0.333. The molecule has 0 aliphatic heterocycles. The highest BCUT2D eigenvalue weighted by Crippen LogP contribution is 2.06. The van der Waals surface area contributed by atoms with Gasteiger partial charge < -0.3 is 10.1 Å². The van der Waals surface area contributed by atoms with Crippen LogP contribution in [0.1, 0.15) is 12.6 Å². The number of carbonyl (C=O) groups is 2. The minimum Gasteiger partial charge on any atom is -0.480 e. The van der Waals surface area contributed by atoms with E-state index in [1.54, 1.807) is 6.19 Å². The van der Waals surface area contributed by atoms with Crippen LogP contribution in [0.3, 0.4) is 0 Å². The van der Waals surface area contributed by atoms with Crippen LogP contribution < -0.4 is 0 Å². The summed E-state index contributed by atoms with van der Waals surface area (Å²) in [5, 5.41) is 17.6. The van der Waals surface area contributed by atoms with Crippen molar-refractivity contribution >= 4 is 11.9 Å².